The van der Waals surface area contributed by atoms with Gasteiger partial charge in [-0.2, -0.15) is 13.2 Å². The summed E-state index contributed by atoms with van der Waals surface area (Å²) in [5, 5.41) is 2.34. The molecule has 0 unspecified atom stereocenters. The van der Waals surface area contributed by atoms with E-state index < -0.39 is 17.8 Å². The third-order valence-electron chi connectivity index (χ3n) is 1.85. The zero-order chi connectivity index (χ0) is 12.3. The first-order chi connectivity index (χ1) is 7.30. The zero-order valence-corrected chi connectivity index (χ0v) is 8.80. The number of halogens is 3. The van der Waals surface area contributed by atoms with Gasteiger partial charge in [-0.3, -0.25) is 0 Å². The number of rotatable bonds is 1. The van der Waals surface area contributed by atoms with Gasteiger partial charge in [-0.25, -0.2) is 4.79 Å². The van der Waals surface area contributed by atoms with Crippen LogP contribution in [0.2, 0.25) is 0 Å². The molecule has 16 heavy (non-hydrogen) atoms. The molecule has 88 valence electrons. The molecule has 0 aliphatic heterocycles. The quantitative estimate of drug-likeness (QED) is 0.793. The van der Waals surface area contributed by atoms with Gasteiger partial charge in [0.1, 0.15) is 0 Å². The Hall–Kier alpha value is -1.72. The first kappa shape index (κ1) is 12.4. The lowest BCUT2D eigenvalue weighted by molar-refractivity contribution is -0.137. The van der Waals surface area contributed by atoms with Crippen LogP contribution in [-0.4, -0.2) is 25.0 Å². The van der Waals surface area contributed by atoms with Gasteiger partial charge in [-0.15, -0.1) is 0 Å². The molecular weight excluding hydrogens is 221 g/mol. The second-order valence-electron chi connectivity index (χ2n) is 3.40. The number of amides is 2. The normalized spacial score (nSPS) is 11.1. The Labute approximate surface area is 90.9 Å². The van der Waals surface area contributed by atoms with Gasteiger partial charge in [-0.1, -0.05) is 6.07 Å². The van der Waals surface area contributed by atoms with E-state index >= 15 is 0 Å². The smallest absolute Gasteiger partial charge is 0.331 e. The number of benzene rings is 1. The summed E-state index contributed by atoms with van der Waals surface area (Å²) in [5.74, 6) is 0. The molecular formula is C10H11F3N2O. The fourth-order valence-electron chi connectivity index (χ4n) is 1.01. The number of carbonyl (C=O) groups is 1. The van der Waals surface area contributed by atoms with Crippen LogP contribution in [0.3, 0.4) is 0 Å². The van der Waals surface area contributed by atoms with Crippen molar-refractivity contribution in [3.8, 4) is 0 Å². The number of nitrogens with one attached hydrogen (secondary N) is 1. The van der Waals surface area contributed by atoms with Gasteiger partial charge in [0.25, 0.3) is 0 Å². The average Bonchev–Trinajstić information content (AvgIpc) is 2.16. The van der Waals surface area contributed by atoms with E-state index in [-0.39, 0.29) is 5.69 Å². The van der Waals surface area contributed by atoms with Crippen molar-refractivity contribution in [3.05, 3.63) is 29.8 Å². The van der Waals surface area contributed by atoms with E-state index in [1.165, 1.54) is 31.1 Å². The minimum Gasteiger partial charge on any atom is -0.331 e. The van der Waals surface area contributed by atoms with E-state index in [2.05, 4.69) is 5.32 Å². The van der Waals surface area contributed by atoms with Crippen molar-refractivity contribution >= 4 is 11.7 Å². The molecule has 0 aromatic heterocycles. The Morgan fingerprint density at radius 1 is 1.31 bits per heavy atom. The standard InChI is InChI=1S/C10H11F3N2O/c1-15(2)9(16)14-8-5-3-4-7(6-8)10(11,12)13/h3-6H,1-2H3,(H,14,16). The minimum absolute atomic E-state index is 0.119. The summed E-state index contributed by atoms with van der Waals surface area (Å²) in [5.41, 5.74) is -0.669. The summed E-state index contributed by atoms with van der Waals surface area (Å²) in [6.45, 7) is 0. The highest BCUT2D eigenvalue weighted by Gasteiger charge is 2.30. The Morgan fingerprint density at radius 2 is 1.94 bits per heavy atom. The average molecular weight is 232 g/mol. The Balaban J connectivity index is 2.88. The van der Waals surface area contributed by atoms with Crippen LogP contribution in [0.15, 0.2) is 24.3 Å². The predicted molar refractivity (Wildman–Crippen MR) is 54.1 cm³/mol. The Bertz CT molecular complexity index is 388. The van der Waals surface area contributed by atoms with Crippen molar-refractivity contribution in [2.75, 3.05) is 19.4 Å². The minimum atomic E-state index is -4.40. The van der Waals surface area contributed by atoms with Gasteiger partial charge in [0.15, 0.2) is 0 Å². The fraction of sp³-hybridized carbons (Fsp3) is 0.300. The van der Waals surface area contributed by atoms with Gasteiger partial charge in [0.05, 0.1) is 5.56 Å². The summed E-state index contributed by atoms with van der Waals surface area (Å²) in [6, 6.07) is 4.01. The fourth-order valence-corrected chi connectivity index (χ4v) is 1.01. The van der Waals surface area contributed by atoms with Crippen LogP contribution in [0.4, 0.5) is 23.7 Å². The second kappa shape index (κ2) is 4.42. The van der Waals surface area contributed by atoms with Crippen LogP contribution in [0.5, 0.6) is 0 Å². The van der Waals surface area contributed by atoms with Crippen LogP contribution in [-0.2, 0) is 6.18 Å². The molecule has 0 spiro atoms. The maximum Gasteiger partial charge on any atom is 0.416 e. The van der Waals surface area contributed by atoms with E-state index in [1.54, 1.807) is 0 Å². The van der Waals surface area contributed by atoms with Crippen molar-refractivity contribution < 1.29 is 18.0 Å². The predicted octanol–water partition coefficient (Wildman–Crippen LogP) is 2.80. The molecule has 1 rings (SSSR count). The zero-order valence-electron chi connectivity index (χ0n) is 8.80. The maximum absolute atomic E-state index is 12.3. The number of urea groups is 1. The lowest BCUT2D eigenvalue weighted by Gasteiger charge is -2.13. The Kier molecular flexibility index (Phi) is 3.41. The van der Waals surface area contributed by atoms with Crippen molar-refractivity contribution in [2.45, 2.75) is 6.18 Å². The highest BCUT2D eigenvalue weighted by atomic mass is 19.4. The molecule has 0 aliphatic carbocycles. The van der Waals surface area contributed by atoms with Crippen molar-refractivity contribution in [1.29, 1.82) is 0 Å². The highest BCUT2D eigenvalue weighted by Crippen LogP contribution is 2.30. The number of nitrogens with zero attached hydrogens (tertiary/aromatic N) is 1. The van der Waals surface area contributed by atoms with Crippen LogP contribution in [0, 0.1) is 0 Å². The molecule has 0 fully saturated rings. The molecule has 0 atom stereocenters. The molecule has 2 amide bonds. The van der Waals surface area contributed by atoms with Crippen LogP contribution in [0.1, 0.15) is 5.56 Å². The molecule has 1 aromatic carbocycles. The number of carbonyl (C=O) groups excluding carboxylic acids is 1. The van der Waals surface area contributed by atoms with Crippen LogP contribution >= 0.6 is 0 Å². The van der Waals surface area contributed by atoms with Crippen molar-refractivity contribution in [3.63, 3.8) is 0 Å². The van der Waals surface area contributed by atoms with Gasteiger partial charge in [0.2, 0.25) is 0 Å². The number of alkyl halides is 3. The van der Waals surface area contributed by atoms with Crippen molar-refractivity contribution in [1.82, 2.24) is 4.90 Å². The third-order valence-corrected chi connectivity index (χ3v) is 1.85. The third kappa shape index (κ3) is 3.15. The number of anilines is 1. The van der Waals surface area contributed by atoms with Gasteiger partial charge >= 0.3 is 12.2 Å². The van der Waals surface area contributed by atoms with E-state index in [0.717, 1.165) is 12.1 Å². The second-order valence-corrected chi connectivity index (χ2v) is 3.40. The lowest BCUT2D eigenvalue weighted by Crippen LogP contribution is -2.27. The van der Waals surface area contributed by atoms with E-state index in [4.69, 9.17) is 0 Å². The van der Waals surface area contributed by atoms with Gasteiger partial charge < -0.3 is 10.2 Å². The van der Waals surface area contributed by atoms with E-state index in [0.29, 0.717) is 0 Å². The summed E-state index contributed by atoms with van der Waals surface area (Å²) in [4.78, 5) is 12.4. The molecule has 0 saturated heterocycles. The van der Waals surface area contributed by atoms with E-state index in [9.17, 15) is 18.0 Å². The number of hydrogen-bond acceptors (Lipinski definition) is 1. The SMILES string of the molecule is CN(C)C(=O)Nc1cccc(C(F)(F)F)c1. The molecule has 3 nitrogen and oxygen atoms in total. The summed E-state index contributed by atoms with van der Waals surface area (Å²) >= 11 is 0. The summed E-state index contributed by atoms with van der Waals surface area (Å²) in [7, 11) is 3.01. The molecule has 6 heteroatoms. The van der Waals surface area contributed by atoms with Crippen LogP contribution in [0.25, 0.3) is 0 Å². The molecule has 0 heterocycles. The molecule has 1 aromatic rings. The topological polar surface area (TPSA) is 32.3 Å². The van der Waals surface area contributed by atoms with Crippen molar-refractivity contribution in [2.24, 2.45) is 0 Å². The van der Waals surface area contributed by atoms with Gasteiger partial charge in [-0.05, 0) is 18.2 Å². The highest BCUT2D eigenvalue weighted by molar-refractivity contribution is 5.88. The maximum atomic E-state index is 12.3. The molecule has 1 N–H and O–H groups in total. The van der Waals surface area contributed by atoms with Gasteiger partial charge in [0, 0.05) is 19.8 Å². The molecule has 0 aliphatic rings. The van der Waals surface area contributed by atoms with Crippen LogP contribution < -0.4 is 5.32 Å². The molecule has 0 radical (unpaired) electrons. The molecule has 0 bridgehead atoms. The Morgan fingerprint density at radius 3 is 2.44 bits per heavy atom. The first-order valence-electron chi connectivity index (χ1n) is 4.46. The number of hydrogen-bond donors (Lipinski definition) is 1. The summed E-state index contributed by atoms with van der Waals surface area (Å²) < 4.78 is 37.0. The summed E-state index contributed by atoms with van der Waals surface area (Å²) in [6.07, 6.45) is -4.40. The lowest BCUT2D eigenvalue weighted by atomic mass is 10.2. The monoisotopic (exact) mass is 232 g/mol. The largest absolute Gasteiger partial charge is 0.416 e. The van der Waals surface area contributed by atoms with E-state index in [1.807, 2.05) is 0 Å². The molecule has 0 saturated carbocycles. The first-order valence-corrected chi connectivity index (χ1v) is 4.46.